The molecule has 4 aromatic rings. The largest absolute Gasteiger partial charge is 0.307 e. The Kier molecular flexibility index (Phi) is 4.49. The molecule has 3 heteroatoms. The standard InChI is InChI=1S/C22H19ClO.CH2O/c1-12-7-13-5-6-14-9-16(22(2,3)4)10-15-11-18(21(23)24)17(8-12)20(13)19(14)15;1-2/h5-11H,1-4H3;1H2. The number of aryl methyl sites for hydroxylation is 1. The zero-order chi connectivity index (χ0) is 19.2. The second-order valence-electron chi connectivity index (χ2n) is 7.72. The van der Waals surface area contributed by atoms with Crippen LogP contribution in [0.3, 0.4) is 0 Å². The van der Waals surface area contributed by atoms with Crippen LogP contribution < -0.4 is 0 Å². The van der Waals surface area contributed by atoms with Crippen molar-refractivity contribution in [1.29, 1.82) is 0 Å². The molecule has 0 spiro atoms. The first-order valence-corrected chi connectivity index (χ1v) is 8.86. The fourth-order valence-electron chi connectivity index (χ4n) is 3.67. The maximum Gasteiger partial charge on any atom is 0.253 e. The third-order valence-electron chi connectivity index (χ3n) is 4.87. The predicted octanol–water partition coefficient (Wildman–Crippen LogP) is 6.38. The van der Waals surface area contributed by atoms with Crippen LogP contribution in [0.25, 0.3) is 32.3 Å². The Morgan fingerprint density at radius 3 is 2.04 bits per heavy atom. The molecular formula is C23H21ClO2. The smallest absolute Gasteiger partial charge is 0.253 e. The van der Waals surface area contributed by atoms with Crippen LogP contribution in [0.2, 0.25) is 0 Å². The molecule has 0 heterocycles. The van der Waals surface area contributed by atoms with Gasteiger partial charge in [-0.25, -0.2) is 0 Å². The molecule has 132 valence electrons. The van der Waals surface area contributed by atoms with E-state index in [1.54, 1.807) is 0 Å². The summed E-state index contributed by atoms with van der Waals surface area (Å²) in [6, 6.07) is 15.0. The van der Waals surface area contributed by atoms with Gasteiger partial charge in [-0.15, -0.1) is 0 Å². The summed E-state index contributed by atoms with van der Waals surface area (Å²) in [5.41, 5.74) is 3.04. The van der Waals surface area contributed by atoms with Crippen LogP contribution in [0.1, 0.15) is 42.3 Å². The van der Waals surface area contributed by atoms with Crippen molar-refractivity contribution in [3.05, 3.63) is 59.2 Å². The Labute approximate surface area is 158 Å². The zero-order valence-corrected chi connectivity index (χ0v) is 16.2. The van der Waals surface area contributed by atoms with E-state index >= 15 is 0 Å². The molecule has 0 aromatic heterocycles. The molecule has 0 aliphatic carbocycles. The number of benzene rings is 4. The van der Waals surface area contributed by atoms with Gasteiger partial charge in [-0.3, -0.25) is 4.79 Å². The monoisotopic (exact) mass is 364 g/mol. The lowest BCUT2D eigenvalue weighted by Crippen LogP contribution is -2.11. The van der Waals surface area contributed by atoms with Crippen LogP contribution in [0.4, 0.5) is 0 Å². The number of hydrogen-bond donors (Lipinski definition) is 0. The van der Waals surface area contributed by atoms with E-state index in [-0.39, 0.29) is 5.41 Å². The van der Waals surface area contributed by atoms with Crippen LogP contribution in [0, 0.1) is 6.92 Å². The van der Waals surface area contributed by atoms with Gasteiger partial charge in [-0.05, 0) is 73.5 Å². The Hall–Kier alpha value is -2.45. The van der Waals surface area contributed by atoms with Crippen molar-refractivity contribution in [2.75, 3.05) is 0 Å². The Bertz CT molecular complexity index is 1140. The van der Waals surface area contributed by atoms with Crippen LogP contribution in [-0.2, 0) is 10.2 Å². The van der Waals surface area contributed by atoms with Gasteiger partial charge >= 0.3 is 0 Å². The Morgan fingerprint density at radius 1 is 0.885 bits per heavy atom. The summed E-state index contributed by atoms with van der Waals surface area (Å²) in [6.45, 7) is 10.7. The van der Waals surface area contributed by atoms with Crippen molar-refractivity contribution in [2.24, 2.45) is 0 Å². The van der Waals surface area contributed by atoms with E-state index in [2.05, 4.69) is 64.1 Å². The highest BCUT2D eigenvalue weighted by Gasteiger charge is 2.19. The molecule has 4 aromatic carbocycles. The van der Waals surface area contributed by atoms with Crippen molar-refractivity contribution in [3.8, 4) is 0 Å². The van der Waals surface area contributed by atoms with E-state index in [0.29, 0.717) is 5.56 Å². The summed E-state index contributed by atoms with van der Waals surface area (Å²) >= 11 is 5.92. The molecular weight excluding hydrogens is 344 g/mol. The average molecular weight is 365 g/mol. The van der Waals surface area contributed by atoms with E-state index < -0.39 is 5.24 Å². The van der Waals surface area contributed by atoms with Gasteiger partial charge in [0.2, 0.25) is 0 Å². The van der Waals surface area contributed by atoms with Crippen molar-refractivity contribution in [1.82, 2.24) is 0 Å². The molecule has 0 amide bonds. The molecule has 0 bridgehead atoms. The predicted molar refractivity (Wildman–Crippen MR) is 111 cm³/mol. The summed E-state index contributed by atoms with van der Waals surface area (Å²) in [5.74, 6) is 0. The van der Waals surface area contributed by atoms with E-state index in [0.717, 1.165) is 27.1 Å². The van der Waals surface area contributed by atoms with E-state index in [9.17, 15) is 4.79 Å². The highest BCUT2D eigenvalue weighted by molar-refractivity contribution is 6.69. The van der Waals surface area contributed by atoms with Gasteiger partial charge in [0.15, 0.2) is 0 Å². The van der Waals surface area contributed by atoms with Crippen LogP contribution >= 0.6 is 11.6 Å². The topological polar surface area (TPSA) is 34.1 Å². The molecule has 0 saturated heterocycles. The molecule has 0 fully saturated rings. The van der Waals surface area contributed by atoms with Crippen LogP contribution in [-0.4, -0.2) is 12.0 Å². The number of carbonyl (C=O) groups is 2. The molecule has 0 aliphatic rings. The van der Waals surface area contributed by atoms with Gasteiger partial charge in [0, 0.05) is 5.56 Å². The molecule has 0 aliphatic heterocycles. The summed E-state index contributed by atoms with van der Waals surface area (Å²) < 4.78 is 0. The highest BCUT2D eigenvalue weighted by atomic mass is 35.5. The number of rotatable bonds is 1. The van der Waals surface area contributed by atoms with Crippen molar-refractivity contribution in [3.63, 3.8) is 0 Å². The van der Waals surface area contributed by atoms with Crippen LogP contribution in [0.15, 0.2) is 42.5 Å². The second kappa shape index (κ2) is 6.37. The van der Waals surface area contributed by atoms with Gasteiger partial charge in [0.25, 0.3) is 5.24 Å². The van der Waals surface area contributed by atoms with Gasteiger partial charge in [0.1, 0.15) is 6.79 Å². The third kappa shape index (κ3) is 2.85. The second-order valence-corrected chi connectivity index (χ2v) is 8.06. The Morgan fingerprint density at radius 2 is 1.46 bits per heavy atom. The van der Waals surface area contributed by atoms with Crippen molar-refractivity contribution >= 4 is 55.9 Å². The van der Waals surface area contributed by atoms with Crippen molar-refractivity contribution in [2.45, 2.75) is 33.1 Å². The Balaban J connectivity index is 0.000000948. The minimum atomic E-state index is -0.397. The summed E-state index contributed by atoms with van der Waals surface area (Å²) in [5, 5.41) is 6.37. The molecule has 26 heavy (non-hydrogen) atoms. The normalized spacial score (nSPS) is 11.7. The fourth-order valence-corrected chi connectivity index (χ4v) is 3.82. The average Bonchev–Trinajstić information content (AvgIpc) is 2.59. The SMILES string of the molecule is C=O.Cc1cc2ccc3cc(C(C)(C)C)cc4cc(C(=O)Cl)c(c1)c2c34. The minimum Gasteiger partial charge on any atom is -0.307 e. The first-order chi connectivity index (χ1) is 12.3. The van der Waals surface area contributed by atoms with Gasteiger partial charge < -0.3 is 4.79 Å². The lowest BCUT2D eigenvalue weighted by Gasteiger charge is -2.22. The molecule has 0 N–H and O–H groups in total. The van der Waals surface area contributed by atoms with Crippen molar-refractivity contribution < 1.29 is 9.59 Å². The lowest BCUT2D eigenvalue weighted by atomic mass is 9.82. The summed E-state index contributed by atoms with van der Waals surface area (Å²) in [4.78, 5) is 20.1. The summed E-state index contributed by atoms with van der Waals surface area (Å²) in [7, 11) is 0. The van der Waals surface area contributed by atoms with E-state index in [1.165, 1.54) is 16.3 Å². The molecule has 0 saturated carbocycles. The van der Waals surface area contributed by atoms with E-state index in [1.807, 2.05) is 12.9 Å². The number of carbonyl (C=O) groups excluding carboxylic acids is 2. The highest BCUT2D eigenvalue weighted by Crippen LogP contribution is 2.40. The molecule has 0 unspecified atom stereocenters. The first kappa shape index (κ1) is 18.3. The fraction of sp³-hybridized carbons (Fsp3) is 0.217. The zero-order valence-electron chi connectivity index (χ0n) is 15.4. The molecule has 4 rings (SSSR count). The molecule has 0 radical (unpaired) electrons. The first-order valence-electron chi connectivity index (χ1n) is 8.48. The maximum atomic E-state index is 12.1. The number of hydrogen-bond acceptors (Lipinski definition) is 2. The summed E-state index contributed by atoms with van der Waals surface area (Å²) in [6.07, 6.45) is 0. The third-order valence-corrected chi connectivity index (χ3v) is 5.08. The molecule has 0 atom stereocenters. The van der Waals surface area contributed by atoms with E-state index in [4.69, 9.17) is 16.4 Å². The minimum absolute atomic E-state index is 0.0478. The quantitative estimate of drug-likeness (QED) is 0.290. The van der Waals surface area contributed by atoms with Gasteiger partial charge in [0.05, 0.1) is 0 Å². The van der Waals surface area contributed by atoms with Crippen LogP contribution in [0.5, 0.6) is 0 Å². The lowest BCUT2D eigenvalue weighted by molar-refractivity contribution is -0.0980. The maximum absolute atomic E-state index is 12.1. The number of halogens is 1. The molecule has 2 nitrogen and oxygen atoms in total. The van der Waals surface area contributed by atoms with Gasteiger partial charge in [-0.1, -0.05) is 57.2 Å². The van der Waals surface area contributed by atoms with Gasteiger partial charge in [-0.2, -0.15) is 0 Å².